The van der Waals surface area contributed by atoms with Crippen molar-refractivity contribution in [3.05, 3.63) is 0 Å². The first-order chi connectivity index (χ1) is 6.82. The standard InChI is InChI=1S/C7H14O8/c8-1-2(9)3(10)4(11)5(12)6(13)7(14)15/h2-6,8-13H,1H2,(H,14,15)/p-1/t2-,3-,4+,5-,6?/m1/s1. The van der Waals surface area contributed by atoms with Gasteiger partial charge < -0.3 is 40.5 Å². The Hall–Kier alpha value is -0.770. The predicted octanol–water partition coefficient (Wildman–Crippen LogP) is -5.47. The van der Waals surface area contributed by atoms with Gasteiger partial charge >= 0.3 is 0 Å². The summed E-state index contributed by atoms with van der Waals surface area (Å²) in [5, 5.41) is 63.2. The van der Waals surface area contributed by atoms with Crippen molar-refractivity contribution in [3.63, 3.8) is 0 Å². The van der Waals surface area contributed by atoms with Gasteiger partial charge in [0.1, 0.15) is 30.5 Å². The molecule has 0 aliphatic carbocycles. The Kier molecular flexibility index (Phi) is 5.65. The second kappa shape index (κ2) is 5.95. The fourth-order valence-electron chi connectivity index (χ4n) is 0.864. The molecule has 0 heterocycles. The van der Waals surface area contributed by atoms with Gasteiger partial charge in [-0.25, -0.2) is 0 Å². The number of carbonyl (C=O) groups excluding carboxylic acids is 1. The maximum Gasteiger partial charge on any atom is 0.122 e. The SMILES string of the molecule is O=C([O-])C(O)[C@H](O)[C@@H](O)[C@H](O)[C@H](O)CO. The van der Waals surface area contributed by atoms with Crippen LogP contribution in [0, 0.1) is 0 Å². The number of carboxylic acids is 1. The van der Waals surface area contributed by atoms with Crippen molar-refractivity contribution in [3.8, 4) is 0 Å². The van der Waals surface area contributed by atoms with Gasteiger partial charge in [-0.1, -0.05) is 0 Å². The van der Waals surface area contributed by atoms with Crippen LogP contribution in [0.4, 0.5) is 0 Å². The van der Waals surface area contributed by atoms with E-state index in [1.807, 2.05) is 0 Å². The monoisotopic (exact) mass is 225 g/mol. The van der Waals surface area contributed by atoms with E-state index in [2.05, 4.69) is 0 Å². The lowest BCUT2D eigenvalue weighted by molar-refractivity contribution is -0.320. The molecule has 15 heavy (non-hydrogen) atoms. The molecule has 0 saturated heterocycles. The Morgan fingerprint density at radius 2 is 1.47 bits per heavy atom. The fourth-order valence-corrected chi connectivity index (χ4v) is 0.864. The third-order valence-corrected chi connectivity index (χ3v) is 1.85. The zero-order chi connectivity index (χ0) is 12.2. The number of aliphatic hydroxyl groups is 6. The van der Waals surface area contributed by atoms with E-state index in [1.54, 1.807) is 0 Å². The molecule has 5 atom stereocenters. The lowest BCUT2D eigenvalue weighted by Gasteiger charge is -2.28. The summed E-state index contributed by atoms with van der Waals surface area (Å²) in [4.78, 5) is 10.1. The molecule has 0 amide bonds. The van der Waals surface area contributed by atoms with E-state index in [9.17, 15) is 9.90 Å². The average molecular weight is 225 g/mol. The van der Waals surface area contributed by atoms with Crippen LogP contribution in [-0.2, 0) is 4.79 Å². The summed E-state index contributed by atoms with van der Waals surface area (Å²) < 4.78 is 0. The van der Waals surface area contributed by atoms with Crippen LogP contribution in [0.5, 0.6) is 0 Å². The second-order valence-corrected chi connectivity index (χ2v) is 2.99. The molecular formula is C7H13O8-. The molecule has 0 saturated carbocycles. The lowest BCUT2D eigenvalue weighted by atomic mass is 9.99. The van der Waals surface area contributed by atoms with E-state index in [4.69, 9.17) is 30.6 Å². The molecule has 6 N–H and O–H groups in total. The molecule has 0 radical (unpaired) electrons. The molecular weight excluding hydrogens is 212 g/mol. The summed E-state index contributed by atoms with van der Waals surface area (Å²) in [7, 11) is 0. The highest BCUT2D eigenvalue weighted by Crippen LogP contribution is 2.08. The molecule has 0 rings (SSSR count). The van der Waals surface area contributed by atoms with Crippen molar-refractivity contribution < 1.29 is 40.5 Å². The lowest BCUT2D eigenvalue weighted by Crippen LogP contribution is -2.54. The molecule has 0 aliphatic rings. The summed E-state index contributed by atoms with van der Waals surface area (Å²) >= 11 is 0. The number of hydrogen-bond donors (Lipinski definition) is 6. The Morgan fingerprint density at radius 3 is 1.80 bits per heavy atom. The number of aliphatic carboxylic acids is 1. The third-order valence-electron chi connectivity index (χ3n) is 1.85. The van der Waals surface area contributed by atoms with Gasteiger partial charge in [0.2, 0.25) is 0 Å². The van der Waals surface area contributed by atoms with Crippen LogP contribution in [0.15, 0.2) is 0 Å². The minimum Gasteiger partial charge on any atom is -0.547 e. The first-order valence-corrected chi connectivity index (χ1v) is 4.05. The molecule has 0 aromatic carbocycles. The van der Waals surface area contributed by atoms with Crippen molar-refractivity contribution in [2.24, 2.45) is 0 Å². The second-order valence-electron chi connectivity index (χ2n) is 2.99. The Bertz CT molecular complexity index is 207. The third kappa shape index (κ3) is 3.70. The van der Waals surface area contributed by atoms with Gasteiger partial charge in [0, 0.05) is 0 Å². The van der Waals surface area contributed by atoms with Gasteiger partial charge in [-0.15, -0.1) is 0 Å². The number of carboxylic acid groups (broad SMARTS) is 1. The number of aliphatic hydroxyl groups excluding tert-OH is 6. The molecule has 1 unspecified atom stereocenters. The minimum atomic E-state index is -2.40. The van der Waals surface area contributed by atoms with E-state index < -0.39 is 43.1 Å². The summed E-state index contributed by atoms with van der Waals surface area (Å²) in [5.41, 5.74) is 0. The Balaban J connectivity index is 4.42. The molecule has 0 aromatic heterocycles. The van der Waals surface area contributed by atoms with Gasteiger partial charge in [0.05, 0.1) is 12.6 Å². The van der Waals surface area contributed by atoms with Crippen molar-refractivity contribution in [1.29, 1.82) is 0 Å². The van der Waals surface area contributed by atoms with Crippen LogP contribution < -0.4 is 5.11 Å². The van der Waals surface area contributed by atoms with Gasteiger partial charge in [0.25, 0.3) is 0 Å². The van der Waals surface area contributed by atoms with Gasteiger partial charge in [0.15, 0.2) is 0 Å². The molecule has 0 aromatic rings. The summed E-state index contributed by atoms with van der Waals surface area (Å²) in [5.74, 6) is -2.03. The average Bonchev–Trinajstić information content (AvgIpc) is 2.23. The van der Waals surface area contributed by atoms with Crippen LogP contribution >= 0.6 is 0 Å². The van der Waals surface area contributed by atoms with E-state index >= 15 is 0 Å². The van der Waals surface area contributed by atoms with Crippen molar-refractivity contribution >= 4 is 5.97 Å². The zero-order valence-electron chi connectivity index (χ0n) is 7.59. The van der Waals surface area contributed by atoms with Crippen molar-refractivity contribution in [2.75, 3.05) is 6.61 Å². The first kappa shape index (κ1) is 14.2. The maximum absolute atomic E-state index is 10.1. The zero-order valence-corrected chi connectivity index (χ0v) is 7.59. The highest BCUT2D eigenvalue weighted by Gasteiger charge is 2.34. The highest BCUT2D eigenvalue weighted by atomic mass is 16.4. The molecule has 8 nitrogen and oxygen atoms in total. The van der Waals surface area contributed by atoms with Crippen LogP contribution in [0.25, 0.3) is 0 Å². The number of rotatable bonds is 6. The van der Waals surface area contributed by atoms with E-state index in [0.717, 1.165) is 0 Å². The molecule has 0 spiro atoms. The van der Waals surface area contributed by atoms with E-state index in [-0.39, 0.29) is 0 Å². The fraction of sp³-hybridized carbons (Fsp3) is 0.857. The first-order valence-electron chi connectivity index (χ1n) is 4.05. The topological polar surface area (TPSA) is 162 Å². The number of carbonyl (C=O) groups is 1. The van der Waals surface area contributed by atoms with Crippen LogP contribution in [0.3, 0.4) is 0 Å². The minimum absolute atomic E-state index is 0.896. The molecule has 0 aliphatic heterocycles. The van der Waals surface area contributed by atoms with Gasteiger partial charge in [-0.2, -0.15) is 0 Å². The summed E-state index contributed by atoms with van der Waals surface area (Å²) in [6, 6.07) is 0. The molecule has 0 bridgehead atoms. The van der Waals surface area contributed by atoms with E-state index in [0.29, 0.717) is 0 Å². The summed E-state index contributed by atoms with van der Waals surface area (Å²) in [6.45, 7) is -0.896. The van der Waals surface area contributed by atoms with Gasteiger partial charge in [-0.3, -0.25) is 0 Å². The van der Waals surface area contributed by atoms with Crippen LogP contribution in [0.2, 0.25) is 0 Å². The quantitative estimate of drug-likeness (QED) is 0.261. The van der Waals surface area contributed by atoms with E-state index in [1.165, 1.54) is 0 Å². The maximum atomic E-state index is 10.1. The summed E-state index contributed by atoms with van der Waals surface area (Å²) in [6.07, 6.45) is -10.5. The van der Waals surface area contributed by atoms with Gasteiger partial charge in [-0.05, 0) is 0 Å². The smallest absolute Gasteiger partial charge is 0.122 e. The van der Waals surface area contributed by atoms with Crippen LogP contribution in [0.1, 0.15) is 0 Å². The number of hydrogen-bond acceptors (Lipinski definition) is 8. The van der Waals surface area contributed by atoms with Crippen LogP contribution in [-0.4, -0.2) is 73.7 Å². The van der Waals surface area contributed by atoms with Crippen molar-refractivity contribution in [1.82, 2.24) is 0 Å². The predicted molar refractivity (Wildman–Crippen MR) is 42.1 cm³/mol. The Labute approximate surface area is 84.7 Å². The molecule has 8 heteroatoms. The highest BCUT2D eigenvalue weighted by molar-refractivity contribution is 5.70. The largest absolute Gasteiger partial charge is 0.547 e. The Morgan fingerprint density at radius 1 is 1.00 bits per heavy atom. The molecule has 0 fully saturated rings. The molecule has 90 valence electrons. The van der Waals surface area contributed by atoms with Crippen molar-refractivity contribution in [2.45, 2.75) is 30.5 Å². The normalized spacial score (nSPS) is 21.5.